The fraction of sp³-hybridized carbons (Fsp3) is 0.529. The van der Waals surface area contributed by atoms with Crippen molar-refractivity contribution in [2.75, 3.05) is 44.0 Å². The number of anilines is 2. The largest absolute Gasteiger partial charge is 0.378 e. The van der Waals surface area contributed by atoms with E-state index in [0.29, 0.717) is 6.54 Å². The first-order valence-corrected chi connectivity index (χ1v) is 7.90. The maximum atomic E-state index is 12.2. The molecule has 1 saturated heterocycles. The number of hydrogen-bond donors (Lipinski definition) is 1. The average molecular weight is 319 g/mol. The molecule has 1 N–H and O–H groups in total. The zero-order valence-corrected chi connectivity index (χ0v) is 14.0. The van der Waals surface area contributed by atoms with Crippen molar-refractivity contribution in [3.63, 3.8) is 0 Å². The Morgan fingerprint density at radius 1 is 1.26 bits per heavy atom. The third kappa shape index (κ3) is 5.25. The van der Waals surface area contributed by atoms with Gasteiger partial charge in [0.05, 0.1) is 12.6 Å². The van der Waals surface area contributed by atoms with Crippen molar-refractivity contribution in [3.05, 3.63) is 24.3 Å². The van der Waals surface area contributed by atoms with Gasteiger partial charge in [-0.25, -0.2) is 0 Å². The molecular weight excluding hydrogens is 294 g/mol. The maximum absolute atomic E-state index is 12.2. The monoisotopic (exact) mass is 319 g/mol. The second kappa shape index (κ2) is 7.97. The highest BCUT2D eigenvalue weighted by Crippen LogP contribution is 2.16. The van der Waals surface area contributed by atoms with Crippen LogP contribution in [-0.2, 0) is 14.3 Å². The van der Waals surface area contributed by atoms with Crippen molar-refractivity contribution in [2.24, 2.45) is 0 Å². The van der Waals surface area contributed by atoms with Crippen LogP contribution in [0.5, 0.6) is 0 Å². The van der Waals surface area contributed by atoms with Gasteiger partial charge in [-0.05, 0) is 37.1 Å². The predicted molar refractivity (Wildman–Crippen MR) is 90.6 cm³/mol. The minimum absolute atomic E-state index is 0.0463. The van der Waals surface area contributed by atoms with Crippen LogP contribution in [0.2, 0.25) is 0 Å². The average Bonchev–Trinajstić information content (AvgIpc) is 3.00. The number of benzene rings is 1. The number of rotatable bonds is 6. The van der Waals surface area contributed by atoms with E-state index in [4.69, 9.17) is 4.74 Å². The molecule has 1 fully saturated rings. The molecule has 1 aliphatic heterocycles. The molecule has 1 heterocycles. The van der Waals surface area contributed by atoms with Gasteiger partial charge in [-0.3, -0.25) is 9.59 Å². The van der Waals surface area contributed by atoms with Crippen molar-refractivity contribution < 1.29 is 14.3 Å². The molecule has 0 radical (unpaired) electrons. The molecule has 0 aromatic heterocycles. The van der Waals surface area contributed by atoms with Gasteiger partial charge in [-0.2, -0.15) is 0 Å². The summed E-state index contributed by atoms with van der Waals surface area (Å²) in [6.45, 7) is 2.74. The Balaban J connectivity index is 1.89. The van der Waals surface area contributed by atoms with Gasteiger partial charge in [0.1, 0.15) is 0 Å². The molecule has 23 heavy (non-hydrogen) atoms. The van der Waals surface area contributed by atoms with E-state index in [1.165, 1.54) is 6.92 Å². The summed E-state index contributed by atoms with van der Waals surface area (Å²) < 4.78 is 5.54. The fourth-order valence-corrected chi connectivity index (χ4v) is 2.56. The lowest BCUT2D eigenvalue weighted by Gasteiger charge is -2.23. The molecule has 6 heteroatoms. The van der Waals surface area contributed by atoms with Gasteiger partial charge >= 0.3 is 0 Å². The Bertz CT molecular complexity index is 537. The van der Waals surface area contributed by atoms with Gasteiger partial charge in [0.25, 0.3) is 0 Å². The van der Waals surface area contributed by atoms with Crippen LogP contribution in [0.15, 0.2) is 24.3 Å². The molecule has 0 spiro atoms. The first-order chi connectivity index (χ1) is 11.0. The van der Waals surface area contributed by atoms with Gasteiger partial charge in [0, 0.05) is 45.5 Å². The molecule has 1 aromatic carbocycles. The van der Waals surface area contributed by atoms with Crippen molar-refractivity contribution >= 4 is 23.2 Å². The van der Waals surface area contributed by atoms with E-state index in [9.17, 15) is 9.59 Å². The van der Waals surface area contributed by atoms with Gasteiger partial charge < -0.3 is 19.9 Å². The van der Waals surface area contributed by atoms with Gasteiger partial charge in [-0.1, -0.05) is 0 Å². The highest BCUT2D eigenvalue weighted by atomic mass is 16.5. The number of nitrogens with zero attached hydrogens (tertiary/aromatic N) is 2. The smallest absolute Gasteiger partial charge is 0.243 e. The third-order valence-electron chi connectivity index (χ3n) is 3.90. The predicted octanol–water partition coefficient (Wildman–Crippen LogP) is 1.72. The lowest BCUT2D eigenvalue weighted by molar-refractivity contribution is -0.134. The van der Waals surface area contributed by atoms with Crippen LogP contribution in [0, 0.1) is 0 Å². The SMILES string of the molecule is CC(=O)N(CC(=O)Nc1ccc(N(C)C)cc1)CC1CCCO1. The summed E-state index contributed by atoms with van der Waals surface area (Å²) >= 11 is 0. The van der Waals surface area contributed by atoms with Gasteiger partial charge in [0.2, 0.25) is 11.8 Å². The Labute approximate surface area is 137 Å². The summed E-state index contributed by atoms with van der Waals surface area (Å²) in [5.74, 6) is -0.311. The van der Waals surface area contributed by atoms with Crippen molar-refractivity contribution in [2.45, 2.75) is 25.9 Å². The topological polar surface area (TPSA) is 61.9 Å². The van der Waals surface area contributed by atoms with E-state index in [1.54, 1.807) is 4.90 Å². The van der Waals surface area contributed by atoms with E-state index in [-0.39, 0.29) is 24.5 Å². The summed E-state index contributed by atoms with van der Waals surface area (Å²) in [7, 11) is 3.92. The number of carbonyl (C=O) groups is 2. The molecule has 1 unspecified atom stereocenters. The van der Waals surface area contributed by atoms with E-state index in [1.807, 2.05) is 43.3 Å². The standard InChI is InChI=1S/C17H25N3O3/c1-13(21)20(11-16-5-4-10-23-16)12-17(22)18-14-6-8-15(9-7-14)19(2)3/h6-9,16H,4-5,10-12H2,1-3H3,(H,18,22). The summed E-state index contributed by atoms with van der Waals surface area (Å²) in [4.78, 5) is 27.4. The summed E-state index contributed by atoms with van der Waals surface area (Å²) in [5, 5.41) is 2.83. The fourth-order valence-electron chi connectivity index (χ4n) is 2.56. The quantitative estimate of drug-likeness (QED) is 0.867. The molecule has 0 aliphatic carbocycles. The first-order valence-electron chi connectivity index (χ1n) is 7.90. The lowest BCUT2D eigenvalue weighted by atomic mass is 10.2. The third-order valence-corrected chi connectivity index (χ3v) is 3.90. The number of ether oxygens (including phenoxy) is 1. The molecule has 1 aromatic rings. The van der Waals surface area contributed by atoms with Crippen LogP contribution in [0.4, 0.5) is 11.4 Å². The molecule has 1 atom stereocenters. The summed E-state index contributed by atoms with van der Waals surface area (Å²) in [6.07, 6.45) is 2.00. The molecule has 0 saturated carbocycles. The van der Waals surface area contributed by atoms with E-state index >= 15 is 0 Å². The zero-order chi connectivity index (χ0) is 16.8. The molecule has 2 amide bonds. The number of carbonyl (C=O) groups excluding carboxylic acids is 2. The molecule has 126 valence electrons. The molecule has 2 rings (SSSR count). The van der Waals surface area contributed by atoms with Gasteiger partial charge in [-0.15, -0.1) is 0 Å². The van der Waals surface area contributed by atoms with E-state index < -0.39 is 0 Å². The first kappa shape index (κ1) is 17.3. The van der Waals surface area contributed by atoms with Crippen LogP contribution in [0.1, 0.15) is 19.8 Å². The Morgan fingerprint density at radius 3 is 2.48 bits per heavy atom. The number of amides is 2. The van der Waals surface area contributed by atoms with Crippen LogP contribution in [0.25, 0.3) is 0 Å². The van der Waals surface area contributed by atoms with Crippen molar-refractivity contribution in [1.29, 1.82) is 0 Å². The molecular formula is C17H25N3O3. The normalized spacial score (nSPS) is 16.9. The van der Waals surface area contributed by atoms with E-state index in [2.05, 4.69) is 5.32 Å². The maximum Gasteiger partial charge on any atom is 0.243 e. The zero-order valence-electron chi connectivity index (χ0n) is 14.0. The van der Waals surface area contributed by atoms with E-state index in [0.717, 1.165) is 30.8 Å². The second-order valence-electron chi connectivity index (χ2n) is 6.02. The van der Waals surface area contributed by atoms with Gasteiger partial charge in [0.15, 0.2) is 0 Å². The highest BCUT2D eigenvalue weighted by Gasteiger charge is 2.22. The van der Waals surface area contributed by atoms with Crippen molar-refractivity contribution in [3.8, 4) is 0 Å². The molecule has 0 bridgehead atoms. The minimum atomic E-state index is -0.198. The van der Waals surface area contributed by atoms with Crippen LogP contribution < -0.4 is 10.2 Å². The Hall–Kier alpha value is -2.08. The molecule has 1 aliphatic rings. The summed E-state index contributed by atoms with van der Waals surface area (Å²) in [5.41, 5.74) is 1.79. The van der Waals surface area contributed by atoms with Crippen LogP contribution >= 0.6 is 0 Å². The molecule has 6 nitrogen and oxygen atoms in total. The van der Waals surface area contributed by atoms with Crippen LogP contribution in [-0.4, -0.2) is 56.6 Å². The Kier molecular flexibility index (Phi) is 5.98. The summed E-state index contributed by atoms with van der Waals surface area (Å²) in [6, 6.07) is 7.58. The Morgan fingerprint density at radius 2 is 1.96 bits per heavy atom. The lowest BCUT2D eigenvalue weighted by Crippen LogP contribution is -2.41. The number of hydrogen-bond acceptors (Lipinski definition) is 4. The van der Waals surface area contributed by atoms with Crippen molar-refractivity contribution in [1.82, 2.24) is 4.90 Å². The van der Waals surface area contributed by atoms with Crippen LogP contribution in [0.3, 0.4) is 0 Å². The highest BCUT2D eigenvalue weighted by molar-refractivity contribution is 5.94. The minimum Gasteiger partial charge on any atom is -0.378 e. The number of nitrogens with one attached hydrogen (secondary N) is 1. The second-order valence-corrected chi connectivity index (χ2v) is 6.02.